The summed E-state index contributed by atoms with van der Waals surface area (Å²) in [4.78, 5) is 13.5. The van der Waals surface area contributed by atoms with Gasteiger partial charge in [0.2, 0.25) is 0 Å². The largest absolute Gasteiger partial charge is 0.341 e. The van der Waals surface area contributed by atoms with Gasteiger partial charge >= 0.3 is 0 Å². The summed E-state index contributed by atoms with van der Waals surface area (Å²) in [7, 11) is -3.82. The van der Waals surface area contributed by atoms with E-state index in [1.54, 1.807) is 12.1 Å². The molecule has 178 valence electrons. The van der Waals surface area contributed by atoms with Gasteiger partial charge in [0.15, 0.2) is 0 Å². The van der Waals surface area contributed by atoms with E-state index in [0.717, 1.165) is 22.3 Å². The summed E-state index contributed by atoms with van der Waals surface area (Å²) >= 11 is 6.37. The van der Waals surface area contributed by atoms with Gasteiger partial charge in [0.1, 0.15) is 0 Å². The van der Waals surface area contributed by atoms with Gasteiger partial charge in [0.05, 0.1) is 21.5 Å². The molecule has 0 bridgehead atoms. The second-order valence-corrected chi connectivity index (χ2v) is 10.4. The van der Waals surface area contributed by atoms with E-state index in [2.05, 4.69) is 10.0 Å². The van der Waals surface area contributed by atoms with Crippen LogP contribution in [0.2, 0.25) is 5.02 Å². The molecule has 1 unspecified atom stereocenters. The van der Waals surface area contributed by atoms with Crippen LogP contribution in [0.3, 0.4) is 0 Å². The Balaban J connectivity index is 1.64. The van der Waals surface area contributed by atoms with Crippen LogP contribution in [0.25, 0.3) is 0 Å². The van der Waals surface area contributed by atoms with Gasteiger partial charge in [-0.25, -0.2) is 8.42 Å². The first-order valence-corrected chi connectivity index (χ1v) is 12.9. The van der Waals surface area contributed by atoms with Crippen LogP contribution < -0.4 is 10.0 Å². The third-order valence-electron chi connectivity index (χ3n) is 5.70. The number of amides is 1. The van der Waals surface area contributed by atoms with Gasteiger partial charge in [0, 0.05) is 5.69 Å². The summed E-state index contributed by atoms with van der Waals surface area (Å²) in [5.74, 6) is -0.413. The molecule has 0 saturated carbocycles. The van der Waals surface area contributed by atoms with Crippen molar-refractivity contribution in [3.63, 3.8) is 0 Å². The number of carbonyl (C=O) groups excluding carboxylic acids is 1. The molecule has 0 fully saturated rings. The van der Waals surface area contributed by atoms with Gasteiger partial charge in [-0.1, -0.05) is 83.9 Å². The van der Waals surface area contributed by atoms with Crippen LogP contribution in [0.1, 0.15) is 38.7 Å². The number of carbonyl (C=O) groups is 1. The zero-order chi connectivity index (χ0) is 25.0. The standard InChI is InChI=1S/C28H25ClN2O3S/c1-19-12-15-23(16-13-19)35(33,34)31-22-14-17-26(29)25(18-22)28(32)30-27(21-9-4-3-5-10-21)24-11-7-6-8-20(24)2/h3-18,27,31H,1-2H3,(H,30,32). The molecule has 4 aromatic rings. The Kier molecular flexibility index (Phi) is 7.24. The normalized spacial score (nSPS) is 12.1. The lowest BCUT2D eigenvalue weighted by atomic mass is 9.94. The second-order valence-electron chi connectivity index (χ2n) is 8.29. The van der Waals surface area contributed by atoms with E-state index in [-0.39, 0.29) is 21.2 Å². The first kappa shape index (κ1) is 24.5. The fraction of sp³-hybridized carbons (Fsp3) is 0.107. The Bertz CT molecular complexity index is 1450. The number of aryl methyl sites for hydroxylation is 2. The van der Waals surface area contributed by atoms with Crippen LogP contribution in [0, 0.1) is 13.8 Å². The predicted molar refractivity (Wildman–Crippen MR) is 140 cm³/mol. The van der Waals surface area contributed by atoms with E-state index < -0.39 is 22.0 Å². The first-order chi connectivity index (χ1) is 16.7. The van der Waals surface area contributed by atoms with Crippen molar-refractivity contribution >= 4 is 33.2 Å². The number of hydrogen-bond acceptors (Lipinski definition) is 3. The molecule has 0 heterocycles. The Morgan fingerprint density at radius 2 is 1.49 bits per heavy atom. The molecule has 7 heteroatoms. The number of nitrogens with one attached hydrogen (secondary N) is 2. The molecule has 0 aliphatic rings. The number of anilines is 1. The maximum atomic E-state index is 13.4. The molecule has 0 aromatic heterocycles. The predicted octanol–water partition coefficient (Wildman–Crippen LogP) is 6.28. The third-order valence-corrected chi connectivity index (χ3v) is 7.43. The highest BCUT2D eigenvalue weighted by atomic mass is 35.5. The Labute approximate surface area is 210 Å². The second kappa shape index (κ2) is 10.3. The quantitative estimate of drug-likeness (QED) is 0.311. The lowest BCUT2D eigenvalue weighted by molar-refractivity contribution is 0.0943. The van der Waals surface area contributed by atoms with Gasteiger partial charge in [-0.05, 0) is 60.9 Å². The van der Waals surface area contributed by atoms with Crippen molar-refractivity contribution in [1.29, 1.82) is 0 Å². The van der Waals surface area contributed by atoms with E-state index >= 15 is 0 Å². The van der Waals surface area contributed by atoms with Gasteiger partial charge in [-0.15, -0.1) is 0 Å². The SMILES string of the molecule is Cc1ccc(S(=O)(=O)Nc2ccc(Cl)c(C(=O)NC(c3ccccc3)c3ccccc3C)c2)cc1. The van der Waals surface area contributed by atoms with Gasteiger partial charge < -0.3 is 5.32 Å². The molecule has 35 heavy (non-hydrogen) atoms. The molecule has 1 amide bonds. The van der Waals surface area contributed by atoms with E-state index in [0.29, 0.717) is 0 Å². The zero-order valence-corrected chi connectivity index (χ0v) is 20.9. The molecule has 5 nitrogen and oxygen atoms in total. The zero-order valence-electron chi connectivity index (χ0n) is 19.3. The average Bonchev–Trinajstić information content (AvgIpc) is 2.85. The molecule has 0 spiro atoms. The van der Waals surface area contributed by atoms with Crippen LogP contribution in [0.5, 0.6) is 0 Å². The highest BCUT2D eigenvalue weighted by Gasteiger charge is 2.22. The number of benzene rings is 4. The van der Waals surface area contributed by atoms with Crippen molar-refractivity contribution in [2.45, 2.75) is 24.8 Å². The van der Waals surface area contributed by atoms with E-state index in [1.165, 1.54) is 30.3 Å². The summed E-state index contributed by atoms with van der Waals surface area (Å²) < 4.78 is 28.2. The molecule has 0 saturated heterocycles. The Morgan fingerprint density at radius 3 is 2.17 bits per heavy atom. The van der Waals surface area contributed by atoms with Crippen LogP contribution in [-0.4, -0.2) is 14.3 Å². The minimum absolute atomic E-state index is 0.132. The molecular formula is C28H25ClN2O3S. The molecule has 0 aliphatic carbocycles. The summed E-state index contributed by atoms with van der Waals surface area (Å²) in [6.45, 7) is 3.87. The summed E-state index contributed by atoms with van der Waals surface area (Å²) in [5.41, 5.74) is 4.28. The smallest absolute Gasteiger partial charge is 0.261 e. The number of sulfonamides is 1. The lowest BCUT2D eigenvalue weighted by Gasteiger charge is -2.22. The molecule has 1 atom stereocenters. The summed E-state index contributed by atoms with van der Waals surface area (Å²) in [6, 6.07) is 28.1. The highest BCUT2D eigenvalue weighted by Crippen LogP contribution is 2.28. The van der Waals surface area contributed by atoms with Crippen LogP contribution in [0.15, 0.2) is 102 Å². The van der Waals surface area contributed by atoms with Crippen molar-refractivity contribution in [1.82, 2.24) is 5.32 Å². The van der Waals surface area contributed by atoms with Crippen molar-refractivity contribution < 1.29 is 13.2 Å². The maximum Gasteiger partial charge on any atom is 0.261 e. The van der Waals surface area contributed by atoms with E-state index in [9.17, 15) is 13.2 Å². The minimum Gasteiger partial charge on any atom is -0.341 e. The van der Waals surface area contributed by atoms with E-state index in [1.807, 2.05) is 68.4 Å². The van der Waals surface area contributed by atoms with Crippen LogP contribution in [0.4, 0.5) is 5.69 Å². The topological polar surface area (TPSA) is 75.3 Å². The van der Waals surface area contributed by atoms with Crippen molar-refractivity contribution in [3.05, 3.63) is 130 Å². The third kappa shape index (κ3) is 5.73. The number of halogens is 1. The number of hydrogen-bond donors (Lipinski definition) is 2. The van der Waals surface area contributed by atoms with Crippen molar-refractivity contribution in [2.75, 3.05) is 4.72 Å². The van der Waals surface area contributed by atoms with Crippen molar-refractivity contribution in [3.8, 4) is 0 Å². The molecule has 4 rings (SSSR count). The molecule has 4 aromatic carbocycles. The molecule has 0 aliphatic heterocycles. The van der Waals surface area contributed by atoms with E-state index in [4.69, 9.17) is 11.6 Å². The Morgan fingerprint density at radius 1 is 0.829 bits per heavy atom. The lowest BCUT2D eigenvalue weighted by Crippen LogP contribution is -2.30. The van der Waals surface area contributed by atoms with Gasteiger partial charge in [-0.3, -0.25) is 9.52 Å². The highest BCUT2D eigenvalue weighted by molar-refractivity contribution is 7.92. The Hall–Kier alpha value is -3.61. The minimum atomic E-state index is -3.82. The fourth-order valence-corrected chi connectivity index (χ4v) is 5.05. The molecule has 0 radical (unpaired) electrons. The average molecular weight is 505 g/mol. The van der Waals surface area contributed by atoms with Gasteiger partial charge in [-0.2, -0.15) is 0 Å². The summed E-state index contributed by atoms with van der Waals surface area (Å²) in [5, 5.41) is 3.29. The first-order valence-electron chi connectivity index (χ1n) is 11.0. The van der Waals surface area contributed by atoms with Gasteiger partial charge in [0.25, 0.3) is 15.9 Å². The maximum absolute atomic E-state index is 13.4. The molecule has 2 N–H and O–H groups in total. The fourth-order valence-electron chi connectivity index (χ4n) is 3.80. The van der Waals surface area contributed by atoms with Crippen LogP contribution in [-0.2, 0) is 10.0 Å². The summed E-state index contributed by atoms with van der Waals surface area (Å²) in [6.07, 6.45) is 0. The monoisotopic (exact) mass is 504 g/mol. The van der Waals surface area contributed by atoms with Crippen LogP contribution >= 0.6 is 11.6 Å². The number of rotatable bonds is 7. The molecular weight excluding hydrogens is 480 g/mol. The van der Waals surface area contributed by atoms with Crippen molar-refractivity contribution in [2.24, 2.45) is 0 Å².